The van der Waals surface area contributed by atoms with Crippen LogP contribution in [0, 0.1) is 0 Å². The average molecular weight is 313 g/mol. The predicted molar refractivity (Wildman–Crippen MR) is 79.1 cm³/mol. The molecule has 1 aromatic carbocycles. The number of benzene rings is 1. The number of nitrogens with one attached hydrogen (secondary N) is 1. The Morgan fingerprint density at radius 2 is 2.22 bits per heavy atom. The Morgan fingerprint density at radius 1 is 1.50 bits per heavy atom. The van der Waals surface area contributed by atoms with Crippen LogP contribution in [-0.4, -0.2) is 30.8 Å². The summed E-state index contributed by atoms with van der Waals surface area (Å²) >= 11 is 3.53. The number of β-amino-alcohol motifs (C(OH)–C–C–N with tert-alkyl or cyclic N) is 1. The van der Waals surface area contributed by atoms with Crippen molar-refractivity contribution in [2.24, 2.45) is 0 Å². The molecule has 4 heteroatoms. The van der Waals surface area contributed by atoms with Crippen molar-refractivity contribution in [3.63, 3.8) is 0 Å². The average Bonchev–Trinajstić information content (AvgIpc) is 2.68. The second-order valence-electron chi connectivity index (χ2n) is 5.38. The molecule has 1 heterocycles. The number of rotatable bonds is 3. The topological polar surface area (TPSA) is 35.5 Å². The van der Waals surface area contributed by atoms with Gasteiger partial charge in [0.15, 0.2) is 0 Å². The van der Waals surface area contributed by atoms with Crippen molar-refractivity contribution in [1.29, 1.82) is 0 Å². The number of nitrogens with zero attached hydrogens (tertiary/aromatic N) is 1. The fourth-order valence-electron chi connectivity index (χ4n) is 2.46. The Balaban J connectivity index is 2.34. The zero-order valence-electron chi connectivity index (χ0n) is 11.2. The van der Waals surface area contributed by atoms with E-state index < -0.39 is 5.60 Å². The monoisotopic (exact) mass is 312 g/mol. The molecule has 2 atom stereocenters. The molecule has 2 rings (SSSR count). The van der Waals surface area contributed by atoms with E-state index in [0.717, 1.165) is 17.4 Å². The van der Waals surface area contributed by atoms with E-state index >= 15 is 0 Å². The van der Waals surface area contributed by atoms with E-state index in [9.17, 15) is 5.11 Å². The van der Waals surface area contributed by atoms with Gasteiger partial charge >= 0.3 is 0 Å². The minimum atomic E-state index is -0.567. The molecule has 2 N–H and O–H groups in total. The smallest absolute Gasteiger partial charge is 0.0810 e. The maximum atomic E-state index is 10.1. The molecular formula is C14H21BrN2O. The van der Waals surface area contributed by atoms with Gasteiger partial charge in [-0.05, 0) is 45.0 Å². The van der Waals surface area contributed by atoms with Crippen LogP contribution in [0.4, 0.5) is 5.69 Å². The van der Waals surface area contributed by atoms with E-state index in [1.807, 2.05) is 14.0 Å². The molecule has 0 saturated carbocycles. The molecule has 0 amide bonds. The number of hydrogen-bond acceptors (Lipinski definition) is 3. The molecule has 0 aromatic heterocycles. The number of halogens is 1. The minimum Gasteiger partial charge on any atom is -0.388 e. The summed E-state index contributed by atoms with van der Waals surface area (Å²) < 4.78 is 1.08. The normalized spacial score (nSPS) is 25.5. The Kier molecular flexibility index (Phi) is 3.99. The lowest BCUT2D eigenvalue weighted by molar-refractivity contribution is 0.0839. The maximum Gasteiger partial charge on any atom is 0.0810 e. The molecule has 1 aromatic rings. The summed E-state index contributed by atoms with van der Waals surface area (Å²) in [7, 11) is 1.97. The molecule has 1 fully saturated rings. The minimum absolute atomic E-state index is 0.304. The molecule has 1 aliphatic heterocycles. The van der Waals surface area contributed by atoms with Crippen LogP contribution in [0.3, 0.4) is 0 Å². The molecule has 3 nitrogen and oxygen atoms in total. The third-order valence-corrected chi connectivity index (χ3v) is 4.18. The zero-order valence-corrected chi connectivity index (χ0v) is 12.8. The summed E-state index contributed by atoms with van der Waals surface area (Å²) in [6.45, 7) is 5.67. The van der Waals surface area contributed by atoms with Crippen LogP contribution in [0.15, 0.2) is 22.7 Å². The van der Waals surface area contributed by atoms with E-state index in [-0.39, 0.29) is 0 Å². The lowest BCUT2D eigenvalue weighted by atomic mass is 10.0. The molecular weight excluding hydrogens is 292 g/mol. The first-order chi connectivity index (χ1) is 8.43. The van der Waals surface area contributed by atoms with Crippen molar-refractivity contribution < 1.29 is 5.11 Å². The third-order valence-electron chi connectivity index (χ3n) is 3.68. The van der Waals surface area contributed by atoms with Crippen LogP contribution in [0.25, 0.3) is 0 Å². The molecule has 1 saturated heterocycles. The van der Waals surface area contributed by atoms with Gasteiger partial charge < -0.3 is 15.3 Å². The summed E-state index contributed by atoms with van der Waals surface area (Å²) in [6.07, 6.45) is 0.826. The number of aliphatic hydroxyl groups is 1. The summed E-state index contributed by atoms with van der Waals surface area (Å²) in [5.74, 6) is 0. The number of hydrogen-bond donors (Lipinski definition) is 2. The third kappa shape index (κ3) is 2.87. The zero-order chi connectivity index (χ0) is 13.3. The Hall–Kier alpha value is -0.580. The van der Waals surface area contributed by atoms with Crippen LogP contribution in [0.5, 0.6) is 0 Å². The fraction of sp³-hybridized carbons (Fsp3) is 0.571. The molecule has 0 bridgehead atoms. The van der Waals surface area contributed by atoms with Crippen molar-refractivity contribution >= 4 is 21.6 Å². The predicted octanol–water partition coefficient (Wildman–Crippen LogP) is 2.69. The van der Waals surface area contributed by atoms with Gasteiger partial charge in [-0.3, -0.25) is 0 Å². The lowest BCUT2D eigenvalue weighted by Gasteiger charge is -2.26. The van der Waals surface area contributed by atoms with Crippen molar-refractivity contribution in [3.8, 4) is 0 Å². The Labute approximate surface area is 117 Å². The van der Waals surface area contributed by atoms with Gasteiger partial charge in [-0.1, -0.05) is 22.0 Å². The van der Waals surface area contributed by atoms with E-state index in [2.05, 4.69) is 51.3 Å². The summed E-state index contributed by atoms with van der Waals surface area (Å²) in [5.41, 5.74) is 1.92. The van der Waals surface area contributed by atoms with Crippen LogP contribution < -0.4 is 10.2 Å². The van der Waals surface area contributed by atoms with Crippen molar-refractivity contribution in [3.05, 3.63) is 28.2 Å². The first-order valence-corrected chi connectivity index (χ1v) is 7.16. The van der Waals surface area contributed by atoms with Crippen LogP contribution in [-0.2, 0) is 0 Å². The van der Waals surface area contributed by atoms with E-state index in [1.165, 1.54) is 11.3 Å². The van der Waals surface area contributed by atoms with Crippen LogP contribution in [0.2, 0.25) is 0 Å². The second kappa shape index (κ2) is 5.19. The largest absolute Gasteiger partial charge is 0.388 e. The highest BCUT2D eigenvalue weighted by molar-refractivity contribution is 9.10. The van der Waals surface area contributed by atoms with E-state index in [0.29, 0.717) is 12.6 Å². The molecule has 0 aliphatic carbocycles. The fourth-order valence-corrected chi connectivity index (χ4v) is 2.81. The van der Waals surface area contributed by atoms with Gasteiger partial charge in [0.05, 0.1) is 5.60 Å². The SMILES string of the molecule is CNC(C)c1ccc(Br)cc1N1CCC(C)(O)C1. The summed E-state index contributed by atoms with van der Waals surface area (Å²) in [4.78, 5) is 2.27. The highest BCUT2D eigenvalue weighted by Gasteiger charge is 2.32. The first kappa shape index (κ1) is 13.8. The standard InChI is InChI=1S/C14H21BrN2O/c1-10(16-3)12-5-4-11(15)8-13(12)17-7-6-14(2,18)9-17/h4-5,8,10,16,18H,6-7,9H2,1-3H3. The maximum absolute atomic E-state index is 10.1. The van der Waals surface area contributed by atoms with Gasteiger partial charge in [-0.25, -0.2) is 0 Å². The van der Waals surface area contributed by atoms with Gasteiger partial charge in [-0.15, -0.1) is 0 Å². The van der Waals surface area contributed by atoms with Crippen LogP contribution >= 0.6 is 15.9 Å². The van der Waals surface area contributed by atoms with Gasteiger partial charge in [-0.2, -0.15) is 0 Å². The van der Waals surface area contributed by atoms with E-state index in [4.69, 9.17) is 0 Å². The molecule has 1 aliphatic rings. The molecule has 100 valence electrons. The van der Waals surface area contributed by atoms with Crippen molar-refractivity contribution in [1.82, 2.24) is 5.32 Å². The molecule has 18 heavy (non-hydrogen) atoms. The van der Waals surface area contributed by atoms with Crippen molar-refractivity contribution in [2.45, 2.75) is 31.9 Å². The number of anilines is 1. The van der Waals surface area contributed by atoms with Gasteiger partial charge in [0.25, 0.3) is 0 Å². The Morgan fingerprint density at radius 3 is 2.78 bits per heavy atom. The molecule has 2 unspecified atom stereocenters. The van der Waals surface area contributed by atoms with E-state index in [1.54, 1.807) is 0 Å². The summed E-state index contributed by atoms with van der Waals surface area (Å²) in [6, 6.07) is 6.66. The van der Waals surface area contributed by atoms with Crippen molar-refractivity contribution in [2.75, 3.05) is 25.0 Å². The van der Waals surface area contributed by atoms with Gasteiger partial charge in [0, 0.05) is 29.3 Å². The second-order valence-corrected chi connectivity index (χ2v) is 6.30. The first-order valence-electron chi connectivity index (χ1n) is 6.37. The molecule has 0 spiro atoms. The lowest BCUT2D eigenvalue weighted by Crippen LogP contribution is -2.30. The Bertz CT molecular complexity index is 434. The van der Waals surface area contributed by atoms with Gasteiger partial charge in [0.2, 0.25) is 0 Å². The van der Waals surface area contributed by atoms with Gasteiger partial charge in [0.1, 0.15) is 0 Å². The highest BCUT2D eigenvalue weighted by Crippen LogP contribution is 2.34. The van der Waals surface area contributed by atoms with Crippen LogP contribution in [0.1, 0.15) is 31.9 Å². The summed E-state index contributed by atoms with van der Waals surface area (Å²) in [5, 5.41) is 13.4. The quantitative estimate of drug-likeness (QED) is 0.901. The highest BCUT2D eigenvalue weighted by atomic mass is 79.9. The molecule has 0 radical (unpaired) electrons.